The second-order valence-corrected chi connectivity index (χ2v) is 7.44. The Bertz CT molecular complexity index is 559. The monoisotopic (exact) mass is 308 g/mol. The highest BCUT2D eigenvalue weighted by Gasteiger charge is 2.26. The van der Waals surface area contributed by atoms with E-state index >= 15 is 0 Å². The first-order valence-corrected chi connectivity index (χ1v) is 9.10. The average molecular weight is 308 g/mol. The zero-order chi connectivity index (χ0) is 16.4. The third kappa shape index (κ3) is 3.66. The molecule has 23 heavy (non-hydrogen) atoms. The number of piperidine rings is 1. The highest BCUT2D eigenvalue weighted by molar-refractivity contribution is 6.21. The molecule has 1 fully saturated rings. The van der Waals surface area contributed by atoms with E-state index in [1.165, 1.54) is 37.9 Å². The van der Waals surface area contributed by atoms with Gasteiger partial charge in [-0.25, -0.2) is 0 Å². The van der Waals surface area contributed by atoms with Gasteiger partial charge in [0.2, 0.25) is 0 Å². The van der Waals surface area contributed by atoms with Crippen molar-refractivity contribution in [2.45, 2.75) is 51.5 Å². The summed E-state index contributed by atoms with van der Waals surface area (Å²) in [6, 6.07) is 7.56. The fourth-order valence-corrected chi connectivity index (χ4v) is 4.29. The lowest BCUT2D eigenvalue weighted by Crippen LogP contribution is -2.37. The fraction of sp³-hybridized carbons (Fsp3) is 0.600. The van der Waals surface area contributed by atoms with Crippen molar-refractivity contribution < 1.29 is 0 Å². The fourth-order valence-electron chi connectivity index (χ4n) is 4.29. The molecule has 0 aliphatic carbocycles. The van der Waals surface area contributed by atoms with E-state index in [0.717, 1.165) is 25.1 Å². The van der Waals surface area contributed by atoms with E-state index in [0.29, 0.717) is 12.0 Å². The van der Waals surface area contributed by atoms with Crippen molar-refractivity contribution in [3.05, 3.63) is 41.4 Å². The van der Waals surface area contributed by atoms with E-state index in [2.05, 4.69) is 48.4 Å². The minimum Gasteiger partial charge on any atom is -0.369 e. The van der Waals surface area contributed by atoms with Crippen LogP contribution in [-0.4, -0.2) is 45.0 Å². The van der Waals surface area contributed by atoms with Crippen molar-refractivity contribution in [2.75, 3.05) is 31.1 Å². The molecule has 0 saturated carbocycles. The van der Waals surface area contributed by atoms with Crippen LogP contribution < -0.4 is 4.90 Å². The summed E-state index contributed by atoms with van der Waals surface area (Å²) in [5.74, 6) is 0.708. The van der Waals surface area contributed by atoms with E-state index in [9.17, 15) is 0 Å². The predicted octanol–water partition coefficient (Wildman–Crippen LogP) is 3.71. The van der Waals surface area contributed by atoms with Crippen LogP contribution >= 0.6 is 0 Å². The molecular weight excluding hydrogens is 279 g/mol. The van der Waals surface area contributed by atoms with E-state index in [1.54, 1.807) is 11.1 Å². The van der Waals surface area contributed by atoms with Crippen LogP contribution in [0, 0.1) is 0 Å². The molecule has 2 aliphatic rings. The van der Waals surface area contributed by atoms with Crippen molar-refractivity contribution in [3.63, 3.8) is 0 Å². The molecule has 2 heterocycles. The van der Waals surface area contributed by atoms with E-state index in [-0.39, 0.29) is 0 Å². The molecule has 0 bridgehead atoms. The maximum Gasteiger partial charge on any atom is 0.108 e. The molecule has 3 heteroatoms. The lowest BCUT2D eigenvalue weighted by Gasteiger charge is -2.38. The Morgan fingerprint density at radius 3 is 2.65 bits per heavy atom. The first-order chi connectivity index (χ1) is 11.1. The number of likely N-dealkylation sites (tertiary alicyclic amines) is 1. The lowest BCUT2D eigenvalue weighted by atomic mass is 9.83. The number of nitrogens with zero attached hydrogens (tertiary/aromatic N) is 2. The van der Waals surface area contributed by atoms with E-state index in [4.69, 9.17) is 7.85 Å². The Labute approximate surface area is 143 Å². The van der Waals surface area contributed by atoms with Gasteiger partial charge in [0.1, 0.15) is 7.85 Å². The second kappa shape index (κ2) is 7.13. The summed E-state index contributed by atoms with van der Waals surface area (Å²) >= 11 is 0. The standard InChI is InChI=1S/C20H29BN2/c1-15(2)23-11-5-7-19-18(6-4-8-20(19)23)17-9-12-22(13-10-17)14-16(3)21/h4,6,8,15,17H,3,5,7,9-14H2,1-2H3. The maximum atomic E-state index is 5.76. The molecule has 1 aromatic rings. The third-order valence-electron chi connectivity index (χ3n) is 5.40. The quantitative estimate of drug-likeness (QED) is 0.782. The number of anilines is 1. The van der Waals surface area contributed by atoms with Gasteiger partial charge in [-0.2, -0.15) is 0 Å². The van der Waals surface area contributed by atoms with Crippen LogP contribution in [0.5, 0.6) is 0 Å². The number of benzene rings is 1. The van der Waals surface area contributed by atoms with Gasteiger partial charge in [0.15, 0.2) is 0 Å². The van der Waals surface area contributed by atoms with Gasteiger partial charge in [0, 0.05) is 24.8 Å². The molecule has 1 saturated heterocycles. The molecule has 0 atom stereocenters. The van der Waals surface area contributed by atoms with Gasteiger partial charge in [0.05, 0.1) is 0 Å². The first-order valence-electron chi connectivity index (χ1n) is 9.10. The number of hydrogen-bond acceptors (Lipinski definition) is 2. The molecule has 0 N–H and O–H groups in total. The molecule has 2 radical (unpaired) electrons. The minimum absolute atomic E-state index is 0.585. The normalized spacial score (nSPS) is 19.9. The Morgan fingerprint density at radius 1 is 1.26 bits per heavy atom. The van der Waals surface area contributed by atoms with E-state index in [1.807, 2.05) is 0 Å². The topological polar surface area (TPSA) is 6.48 Å². The van der Waals surface area contributed by atoms with Crippen LogP contribution in [0.25, 0.3) is 0 Å². The summed E-state index contributed by atoms with van der Waals surface area (Å²) < 4.78 is 0. The molecule has 0 amide bonds. The summed E-state index contributed by atoms with van der Waals surface area (Å²) in [7, 11) is 5.76. The molecular formula is C20H29BN2. The molecule has 0 unspecified atom stereocenters. The van der Waals surface area contributed by atoms with Crippen LogP contribution in [0.2, 0.25) is 0 Å². The highest BCUT2D eigenvalue weighted by Crippen LogP contribution is 2.38. The van der Waals surface area contributed by atoms with Gasteiger partial charge >= 0.3 is 0 Å². The molecule has 122 valence electrons. The number of fused-ring (bicyclic) bond motifs is 1. The van der Waals surface area contributed by atoms with Gasteiger partial charge in [-0.15, -0.1) is 12.1 Å². The van der Waals surface area contributed by atoms with Crippen molar-refractivity contribution in [3.8, 4) is 0 Å². The first kappa shape index (κ1) is 16.6. The van der Waals surface area contributed by atoms with Crippen LogP contribution in [0.1, 0.15) is 50.2 Å². The maximum absolute atomic E-state index is 5.76. The van der Waals surface area contributed by atoms with Crippen molar-refractivity contribution in [1.29, 1.82) is 0 Å². The van der Waals surface area contributed by atoms with Crippen LogP contribution in [0.3, 0.4) is 0 Å². The molecule has 0 spiro atoms. The summed E-state index contributed by atoms with van der Waals surface area (Å²) in [6.45, 7) is 12.8. The highest BCUT2D eigenvalue weighted by atomic mass is 15.2. The van der Waals surface area contributed by atoms with E-state index < -0.39 is 0 Å². The van der Waals surface area contributed by atoms with Gasteiger partial charge in [-0.05, 0) is 75.7 Å². The Balaban J connectivity index is 1.77. The van der Waals surface area contributed by atoms with Crippen molar-refractivity contribution in [2.24, 2.45) is 0 Å². The van der Waals surface area contributed by atoms with Gasteiger partial charge in [0.25, 0.3) is 0 Å². The number of hydrogen-bond donors (Lipinski definition) is 0. The summed E-state index contributed by atoms with van der Waals surface area (Å²) in [6.07, 6.45) is 5.01. The lowest BCUT2D eigenvalue weighted by molar-refractivity contribution is 0.230. The molecule has 1 aromatic carbocycles. The molecule has 3 rings (SSSR count). The zero-order valence-corrected chi connectivity index (χ0v) is 14.7. The second-order valence-electron chi connectivity index (χ2n) is 7.44. The van der Waals surface area contributed by atoms with Crippen LogP contribution in [0.15, 0.2) is 30.3 Å². The predicted molar refractivity (Wildman–Crippen MR) is 101 cm³/mol. The average Bonchev–Trinajstić information content (AvgIpc) is 2.54. The van der Waals surface area contributed by atoms with Gasteiger partial charge < -0.3 is 9.80 Å². The van der Waals surface area contributed by atoms with Gasteiger partial charge in [-0.3, -0.25) is 0 Å². The number of rotatable bonds is 4. The minimum atomic E-state index is 0.585. The molecule has 2 aliphatic heterocycles. The summed E-state index contributed by atoms with van der Waals surface area (Å²) in [5, 5.41) is 0. The zero-order valence-electron chi connectivity index (χ0n) is 14.7. The Morgan fingerprint density at radius 2 is 2.00 bits per heavy atom. The molecule has 0 aromatic heterocycles. The largest absolute Gasteiger partial charge is 0.369 e. The third-order valence-corrected chi connectivity index (χ3v) is 5.40. The van der Waals surface area contributed by atoms with Crippen molar-refractivity contribution >= 4 is 13.5 Å². The van der Waals surface area contributed by atoms with Crippen LogP contribution in [0.4, 0.5) is 5.69 Å². The summed E-state index contributed by atoms with van der Waals surface area (Å²) in [5.41, 5.74) is 5.50. The Hall–Kier alpha value is -1.22. The molecule has 2 nitrogen and oxygen atoms in total. The smallest absolute Gasteiger partial charge is 0.108 e. The van der Waals surface area contributed by atoms with Crippen molar-refractivity contribution in [1.82, 2.24) is 4.90 Å². The van der Waals surface area contributed by atoms with Gasteiger partial charge in [-0.1, -0.05) is 12.1 Å². The summed E-state index contributed by atoms with van der Waals surface area (Å²) in [4.78, 5) is 5.02. The Kier molecular flexibility index (Phi) is 5.16. The van der Waals surface area contributed by atoms with Crippen LogP contribution in [-0.2, 0) is 6.42 Å². The SMILES string of the molecule is [B]C(=C)CN1CCC(c2cccc3c2CCCN3C(C)C)CC1.